The standard InChI is InChI=1S/C12H18N2O3/c1-2-5-13-11(15)9-14-6-3-4-12(10-14)16-7-8-17-12/h1H,3-10H2,(H,13,15). The van der Waals surface area contributed by atoms with E-state index in [1.54, 1.807) is 0 Å². The van der Waals surface area contributed by atoms with E-state index in [1.807, 2.05) is 0 Å². The number of carbonyl (C=O) groups excluding carboxylic acids is 1. The molecular weight excluding hydrogens is 220 g/mol. The Labute approximate surface area is 101 Å². The molecule has 0 aromatic carbocycles. The largest absolute Gasteiger partial charge is 0.346 e. The Kier molecular flexibility index (Phi) is 4.00. The zero-order valence-electron chi connectivity index (χ0n) is 9.91. The van der Waals surface area contributed by atoms with E-state index in [-0.39, 0.29) is 12.5 Å². The van der Waals surface area contributed by atoms with Crippen LogP contribution in [0.4, 0.5) is 0 Å². The first-order valence-corrected chi connectivity index (χ1v) is 5.94. The van der Waals surface area contributed by atoms with Crippen molar-refractivity contribution < 1.29 is 14.3 Å². The van der Waals surface area contributed by atoms with Gasteiger partial charge in [0, 0.05) is 6.42 Å². The van der Waals surface area contributed by atoms with Crippen LogP contribution < -0.4 is 5.32 Å². The van der Waals surface area contributed by atoms with Gasteiger partial charge in [0.25, 0.3) is 0 Å². The molecule has 2 aliphatic rings. The molecule has 5 heteroatoms. The summed E-state index contributed by atoms with van der Waals surface area (Å²) in [4.78, 5) is 13.6. The van der Waals surface area contributed by atoms with Gasteiger partial charge in [-0.3, -0.25) is 9.69 Å². The number of ether oxygens (including phenoxy) is 2. The number of carbonyl (C=O) groups is 1. The summed E-state index contributed by atoms with van der Waals surface area (Å²) in [6.07, 6.45) is 6.99. The van der Waals surface area contributed by atoms with Crippen LogP contribution >= 0.6 is 0 Å². The van der Waals surface area contributed by atoms with Crippen LogP contribution in [0.15, 0.2) is 0 Å². The highest BCUT2D eigenvalue weighted by Crippen LogP contribution is 2.29. The second-order valence-electron chi connectivity index (χ2n) is 4.40. The minimum absolute atomic E-state index is 0.0435. The monoisotopic (exact) mass is 238 g/mol. The molecule has 17 heavy (non-hydrogen) atoms. The van der Waals surface area contributed by atoms with Gasteiger partial charge in [0.05, 0.1) is 32.8 Å². The molecule has 2 heterocycles. The minimum atomic E-state index is -0.468. The Bertz CT molecular complexity index is 318. The van der Waals surface area contributed by atoms with Crippen LogP contribution in [0, 0.1) is 12.3 Å². The lowest BCUT2D eigenvalue weighted by atomic mass is 10.0. The quantitative estimate of drug-likeness (QED) is 0.678. The molecule has 0 aliphatic carbocycles. The predicted molar refractivity (Wildman–Crippen MR) is 62.2 cm³/mol. The van der Waals surface area contributed by atoms with Crippen molar-refractivity contribution in [2.75, 3.05) is 39.4 Å². The van der Waals surface area contributed by atoms with Gasteiger partial charge in [-0.1, -0.05) is 5.92 Å². The Morgan fingerprint density at radius 2 is 2.24 bits per heavy atom. The summed E-state index contributed by atoms with van der Waals surface area (Å²) in [7, 11) is 0. The lowest BCUT2D eigenvalue weighted by Crippen LogP contribution is -2.51. The molecule has 1 spiro atoms. The Hall–Kier alpha value is -1.09. The number of rotatable bonds is 3. The van der Waals surface area contributed by atoms with E-state index >= 15 is 0 Å². The summed E-state index contributed by atoms with van der Waals surface area (Å²) in [6, 6.07) is 0. The average Bonchev–Trinajstić information content (AvgIpc) is 2.74. The summed E-state index contributed by atoms with van der Waals surface area (Å²) < 4.78 is 11.3. The van der Waals surface area contributed by atoms with Crippen molar-refractivity contribution in [3.63, 3.8) is 0 Å². The van der Waals surface area contributed by atoms with E-state index in [0.717, 1.165) is 19.4 Å². The molecule has 2 aliphatic heterocycles. The van der Waals surface area contributed by atoms with Crippen LogP contribution in [0.5, 0.6) is 0 Å². The van der Waals surface area contributed by atoms with E-state index in [0.29, 0.717) is 26.3 Å². The van der Waals surface area contributed by atoms with Crippen molar-refractivity contribution in [3.8, 4) is 12.3 Å². The minimum Gasteiger partial charge on any atom is -0.346 e. The third-order valence-electron chi connectivity index (χ3n) is 3.06. The zero-order valence-corrected chi connectivity index (χ0v) is 9.91. The molecule has 2 fully saturated rings. The molecular formula is C12H18N2O3. The third kappa shape index (κ3) is 3.19. The number of terminal acetylenes is 1. The molecule has 1 amide bonds. The van der Waals surface area contributed by atoms with Gasteiger partial charge in [0.2, 0.25) is 5.91 Å². The van der Waals surface area contributed by atoms with Gasteiger partial charge in [-0.15, -0.1) is 6.42 Å². The van der Waals surface area contributed by atoms with Crippen LogP contribution in [-0.4, -0.2) is 56.0 Å². The zero-order chi connectivity index (χ0) is 12.1. The highest BCUT2D eigenvalue weighted by Gasteiger charge is 2.40. The second kappa shape index (κ2) is 5.50. The van der Waals surface area contributed by atoms with Crippen molar-refractivity contribution in [2.24, 2.45) is 0 Å². The predicted octanol–water partition coefficient (Wildman–Crippen LogP) is -0.425. The van der Waals surface area contributed by atoms with Gasteiger partial charge in [0.1, 0.15) is 0 Å². The van der Waals surface area contributed by atoms with Crippen molar-refractivity contribution in [1.82, 2.24) is 10.2 Å². The molecule has 5 nitrogen and oxygen atoms in total. The summed E-state index contributed by atoms with van der Waals surface area (Å²) in [5, 5.41) is 2.66. The number of nitrogens with zero attached hydrogens (tertiary/aromatic N) is 1. The molecule has 2 saturated heterocycles. The number of hydrogen-bond donors (Lipinski definition) is 1. The Balaban J connectivity index is 1.81. The van der Waals surface area contributed by atoms with Crippen LogP contribution in [0.3, 0.4) is 0 Å². The topological polar surface area (TPSA) is 50.8 Å². The van der Waals surface area contributed by atoms with Gasteiger partial charge < -0.3 is 14.8 Å². The van der Waals surface area contributed by atoms with Crippen LogP contribution in [0.1, 0.15) is 12.8 Å². The normalized spacial score (nSPS) is 23.5. The van der Waals surface area contributed by atoms with Crippen molar-refractivity contribution in [1.29, 1.82) is 0 Å². The fraction of sp³-hybridized carbons (Fsp3) is 0.750. The van der Waals surface area contributed by atoms with Gasteiger partial charge in [-0.2, -0.15) is 0 Å². The lowest BCUT2D eigenvalue weighted by Gasteiger charge is -2.38. The van der Waals surface area contributed by atoms with Crippen LogP contribution in [0.25, 0.3) is 0 Å². The molecule has 0 radical (unpaired) electrons. The molecule has 0 unspecified atom stereocenters. The highest BCUT2D eigenvalue weighted by atomic mass is 16.7. The van der Waals surface area contributed by atoms with Crippen LogP contribution in [-0.2, 0) is 14.3 Å². The summed E-state index contributed by atoms with van der Waals surface area (Å²) >= 11 is 0. The number of piperidine rings is 1. The number of nitrogens with one attached hydrogen (secondary N) is 1. The Morgan fingerprint density at radius 1 is 1.47 bits per heavy atom. The third-order valence-corrected chi connectivity index (χ3v) is 3.06. The summed E-state index contributed by atoms with van der Waals surface area (Å²) in [6.45, 7) is 3.50. The van der Waals surface area contributed by atoms with Crippen molar-refractivity contribution >= 4 is 5.91 Å². The first-order chi connectivity index (χ1) is 8.24. The smallest absolute Gasteiger partial charge is 0.234 e. The van der Waals surface area contributed by atoms with Crippen molar-refractivity contribution in [3.05, 3.63) is 0 Å². The SMILES string of the molecule is C#CCNC(=O)CN1CCCC2(C1)OCCO2. The fourth-order valence-corrected chi connectivity index (χ4v) is 2.35. The summed E-state index contributed by atoms with van der Waals surface area (Å²) in [5.41, 5.74) is 0. The Morgan fingerprint density at radius 3 is 2.94 bits per heavy atom. The molecule has 0 atom stereocenters. The van der Waals surface area contributed by atoms with Gasteiger partial charge in [-0.05, 0) is 13.0 Å². The molecule has 0 aromatic heterocycles. The first kappa shape index (κ1) is 12.4. The van der Waals surface area contributed by atoms with Crippen molar-refractivity contribution in [2.45, 2.75) is 18.6 Å². The van der Waals surface area contributed by atoms with Gasteiger partial charge in [0.15, 0.2) is 5.79 Å². The molecule has 0 bridgehead atoms. The highest BCUT2D eigenvalue weighted by molar-refractivity contribution is 5.78. The van der Waals surface area contributed by atoms with E-state index < -0.39 is 5.79 Å². The second-order valence-corrected chi connectivity index (χ2v) is 4.40. The maximum Gasteiger partial charge on any atom is 0.234 e. The van der Waals surface area contributed by atoms with E-state index in [1.165, 1.54) is 0 Å². The molecule has 0 aromatic rings. The number of hydrogen-bond acceptors (Lipinski definition) is 4. The lowest BCUT2D eigenvalue weighted by molar-refractivity contribution is -0.189. The average molecular weight is 238 g/mol. The van der Waals surface area contributed by atoms with Crippen LogP contribution in [0.2, 0.25) is 0 Å². The fourth-order valence-electron chi connectivity index (χ4n) is 2.35. The first-order valence-electron chi connectivity index (χ1n) is 5.94. The number of likely N-dealkylation sites (tertiary alicyclic amines) is 1. The van der Waals surface area contributed by atoms with E-state index in [2.05, 4.69) is 16.1 Å². The van der Waals surface area contributed by atoms with E-state index in [4.69, 9.17) is 15.9 Å². The molecule has 1 N–H and O–H groups in total. The molecule has 2 rings (SSSR count). The number of amides is 1. The molecule has 94 valence electrons. The van der Waals surface area contributed by atoms with E-state index in [9.17, 15) is 4.79 Å². The maximum absolute atomic E-state index is 11.5. The summed E-state index contributed by atoms with van der Waals surface area (Å²) in [5.74, 6) is 1.87. The van der Waals surface area contributed by atoms with Gasteiger partial charge in [-0.25, -0.2) is 0 Å². The van der Waals surface area contributed by atoms with Gasteiger partial charge >= 0.3 is 0 Å². The maximum atomic E-state index is 11.5. The molecule has 0 saturated carbocycles.